The maximum absolute atomic E-state index is 3.77. The van der Waals surface area contributed by atoms with E-state index in [-0.39, 0.29) is 0 Å². The molecule has 0 aromatic carbocycles. The number of rotatable bonds is 4. The Hall–Kier alpha value is -0.0831. The lowest BCUT2D eigenvalue weighted by Crippen LogP contribution is -2.45. The molecule has 0 unspecified atom stereocenters. The molecule has 0 aromatic heterocycles. The van der Waals surface area contributed by atoms with Gasteiger partial charge in [0.15, 0.2) is 0 Å². The molecule has 0 aliphatic rings. The zero-order valence-corrected chi connectivity index (χ0v) is 8.65. The minimum absolute atomic E-state index is 1.09. The molecular weight excluding hydrogens is 138 g/mol. The third-order valence-electron chi connectivity index (χ3n) is 2.15. The Morgan fingerprint density at radius 1 is 1.50 bits per heavy atom. The Bertz CT molecular complexity index is 110. The van der Waals surface area contributed by atoms with Gasteiger partial charge in [-0.25, -0.2) is 0 Å². The Labute approximate surface area is 65.8 Å². The number of allylic oxidation sites excluding steroid dienone is 1. The molecule has 0 saturated carbocycles. The minimum atomic E-state index is -1.09. The fourth-order valence-corrected chi connectivity index (χ4v) is 2.81. The molecule has 0 aliphatic heterocycles. The Balaban J connectivity index is 3.94. The summed E-state index contributed by atoms with van der Waals surface area (Å²) in [4.78, 5) is 0. The van der Waals surface area contributed by atoms with Crippen LogP contribution in [0, 0.1) is 0 Å². The van der Waals surface area contributed by atoms with E-state index < -0.39 is 8.24 Å². The number of hydrogen-bond donors (Lipinski definition) is 0. The van der Waals surface area contributed by atoms with E-state index in [9.17, 15) is 0 Å². The van der Waals surface area contributed by atoms with Gasteiger partial charge in [-0.3, -0.25) is 0 Å². The van der Waals surface area contributed by atoms with E-state index in [1.165, 1.54) is 6.04 Å². The van der Waals surface area contributed by atoms with Crippen LogP contribution < -0.4 is 0 Å². The topological polar surface area (TPSA) is 3.24 Å². The van der Waals surface area contributed by atoms with Gasteiger partial charge in [-0.05, 0) is 19.6 Å². The molecule has 0 bridgehead atoms. The molecule has 0 radical (unpaired) electrons. The minimum Gasteiger partial charge on any atom is -0.326 e. The van der Waals surface area contributed by atoms with Crippen molar-refractivity contribution in [3.8, 4) is 0 Å². The summed E-state index contributed by atoms with van der Waals surface area (Å²) in [6.07, 6.45) is 2.04. The van der Waals surface area contributed by atoms with E-state index in [0.717, 1.165) is 6.54 Å². The van der Waals surface area contributed by atoms with Crippen molar-refractivity contribution >= 4 is 8.24 Å². The van der Waals surface area contributed by atoms with E-state index in [0.29, 0.717) is 0 Å². The van der Waals surface area contributed by atoms with Crippen molar-refractivity contribution in [1.82, 2.24) is 4.57 Å². The van der Waals surface area contributed by atoms with Gasteiger partial charge in [0.2, 0.25) is 0 Å². The van der Waals surface area contributed by atoms with Gasteiger partial charge < -0.3 is 4.57 Å². The lowest BCUT2D eigenvalue weighted by Gasteiger charge is -2.31. The molecule has 0 spiro atoms. The number of nitrogens with zero attached hydrogens (tertiary/aromatic N) is 1. The first-order valence-corrected chi connectivity index (χ1v) is 7.02. The van der Waals surface area contributed by atoms with Crippen molar-refractivity contribution in [2.75, 3.05) is 13.6 Å². The van der Waals surface area contributed by atoms with Crippen LogP contribution in [-0.2, 0) is 0 Å². The summed E-state index contributed by atoms with van der Waals surface area (Å²) in [5.41, 5.74) is 0. The smallest absolute Gasteiger partial charge is 0.125 e. The van der Waals surface area contributed by atoms with Crippen LogP contribution in [0.4, 0.5) is 0 Å². The summed E-state index contributed by atoms with van der Waals surface area (Å²) >= 11 is 0. The first kappa shape index (κ1) is 9.92. The molecule has 1 nitrogen and oxygen atoms in total. The predicted octanol–water partition coefficient (Wildman–Crippen LogP) is 2.33. The van der Waals surface area contributed by atoms with E-state index in [4.69, 9.17) is 0 Å². The second-order valence-corrected chi connectivity index (χ2v) is 8.12. The van der Waals surface area contributed by atoms with Gasteiger partial charge in [-0.1, -0.05) is 26.1 Å². The van der Waals surface area contributed by atoms with Crippen LogP contribution in [0.5, 0.6) is 0 Å². The van der Waals surface area contributed by atoms with Crippen molar-refractivity contribution in [1.29, 1.82) is 0 Å². The van der Waals surface area contributed by atoms with Crippen LogP contribution in [0.3, 0.4) is 0 Å². The van der Waals surface area contributed by atoms with E-state index in [2.05, 4.69) is 38.2 Å². The summed E-state index contributed by atoms with van der Waals surface area (Å²) in [7, 11) is 1.11. The number of hydrogen-bond acceptors (Lipinski definition) is 1. The van der Waals surface area contributed by atoms with Crippen molar-refractivity contribution < 1.29 is 0 Å². The molecule has 0 atom stereocenters. The highest BCUT2D eigenvalue weighted by atomic mass is 28.3. The van der Waals surface area contributed by atoms with Crippen LogP contribution in [0.1, 0.15) is 6.92 Å². The normalized spacial score (nSPS) is 12.1. The van der Waals surface area contributed by atoms with Crippen LogP contribution in [0.2, 0.25) is 19.1 Å². The summed E-state index contributed by atoms with van der Waals surface area (Å²) in [6.45, 7) is 11.9. The molecule has 2 heteroatoms. The molecule has 0 amide bonds. The lowest BCUT2D eigenvalue weighted by molar-refractivity contribution is 0.536. The fourth-order valence-electron chi connectivity index (χ4n) is 0.937. The summed E-state index contributed by atoms with van der Waals surface area (Å²) < 4.78 is 2.47. The summed E-state index contributed by atoms with van der Waals surface area (Å²) in [5.74, 6) is 0. The Morgan fingerprint density at radius 3 is 2.30 bits per heavy atom. The molecular formula is C8H19NSi. The van der Waals surface area contributed by atoms with E-state index >= 15 is 0 Å². The maximum Gasteiger partial charge on any atom is 0.125 e. The zero-order chi connectivity index (χ0) is 8.20. The SMILES string of the molecule is C=CC[Si](C)(C)N(C)CC. The fraction of sp³-hybridized carbons (Fsp3) is 0.750. The second kappa shape index (κ2) is 3.94. The quantitative estimate of drug-likeness (QED) is 0.447. The second-order valence-electron chi connectivity index (χ2n) is 3.32. The summed E-state index contributed by atoms with van der Waals surface area (Å²) in [5, 5.41) is 0. The van der Waals surface area contributed by atoms with E-state index in [1.54, 1.807) is 0 Å². The molecule has 0 fully saturated rings. The van der Waals surface area contributed by atoms with Crippen molar-refractivity contribution in [2.24, 2.45) is 0 Å². The Morgan fingerprint density at radius 2 is 2.00 bits per heavy atom. The lowest BCUT2D eigenvalue weighted by atomic mass is 10.8. The van der Waals surface area contributed by atoms with Gasteiger partial charge in [-0.2, -0.15) is 0 Å². The highest BCUT2D eigenvalue weighted by Crippen LogP contribution is 2.12. The largest absolute Gasteiger partial charge is 0.326 e. The van der Waals surface area contributed by atoms with Crippen LogP contribution in [0.25, 0.3) is 0 Å². The molecule has 0 saturated heterocycles. The summed E-state index contributed by atoms with van der Waals surface area (Å²) in [6, 6.07) is 1.19. The molecule has 0 N–H and O–H groups in total. The van der Waals surface area contributed by atoms with E-state index in [1.807, 2.05) is 6.08 Å². The molecule has 60 valence electrons. The average Bonchev–Trinajstić information content (AvgIpc) is 1.86. The van der Waals surface area contributed by atoms with Crippen LogP contribution >= 0.6 is 0 Å². The van der Waals surface area contributed by atoms with Gasteiger partial charge in [-0.15, -0.1) is 6.58 Å². The van der Waals surface area contributed by atoms with Crippen LogP contribution in [0.15, 0.2) is 12.7 Å². The standard InChI is InChI=1S/C8H19NSi/c1-6-8-10(4,5)9(3)7-2/h6H,1,7-8H2,2-5H3. The molecule has 0 heterocycles. The average molecular weight is 157 g/mol. The third-order valence-corrected chi connectivity index (χ3v) is 5.82. The van der Waals surface area contributed by atoms with Gasteiger partial charge in [0, 0.05) is 0 Å². The highest BCUT2D eigenvalue weighted by Gasteiger charge is 2.22. The van der Waals surface area contributed by atoms with Crippen LogP contribution in [-0.4, -0.2) is 26.4 Å². The van der Waals surface area contributed by atoms with Gasteiger partial charge in [0.05, 0.1) is 0 Å². The maximum atomic E-state index is 3.77. The molecule has 0 rings (SSSR count). The first-order valence-electron chi connectivity index (χ1n) is 3.86. The molecule has 0 aromatic rings. The van der Waals surface area contributed by atoms with Gasteiger partial charge >= 0.3 is 0 Å². The highest BCUT2D eigenvalue weighted by molar-refractivity contribution is 6.75. The van der Waals surface area contributed by atoms with Gasteiger partial charge in [0.1, 0.15) is 8.24 Å². The molecule has 0 aliphatic carbocycles. The third kappa shape index (κ3) is 2.67. The first-order chi connectivity index (χ1) is 4.54. The monoisotopic (exact) mass is 157 g/mol. The zero-order valence-electron chi connectivity index (χ0n) is 7.65. The molecule has 10 heavy (non-hydrogen) atoms. The van der Waals surface area contributed by atoms with Crippen molar-refractivity contribution in [2.45, 2.75) is 26.1 Å². The Kier molecular flexibility index (Phi) is 3.90. The van der Waals surface area contributed by atoms with Crippen molar-refractivity contribution in [3.05, 3.63) is 12.7 Å². The van der Waals surface area contributed by atoms with Crippen molar-refractivity contribution in [3.63, 3.8) is 0 Å². The van der Waals surface area contributed by atoms with Gasteiger partial charge in [0.25, 0.3) is 0 Å². The predicted molar refractivity (Wildman–Crippen MR) is 50.8 cm³/mol.